The molecule has 0 bridgehead atoms. The van der Waals surface area contributed by atoms with E-state index in [-0.39, 0.29) is 0 Å². The van der Waals surface area contributed by atoms with Gasteiger partial charge >= 0.3 is 5.97 Å². The Kier molecular flexibility index (Phi) is 5.38. The number of carbonyl (C=O) groups is 1. The Bertz CT molecular complexity index is 1360. The second kappa shape index (κ2) is 8.18. The molecule has 1 spiro atoms. The zero-order valence-corrected chi connectivity index (χ0v) is 21.0. The molecule has 0 aromatic heterocycles. The van der Waals surface area contributed by atoms with Gasteiger partial charge in [-0.3, -0.25) is 4.99 Å². The van der Waals surface area contributed by atoms with Crippen molar-refractivity contribution in [3.05, 3.63) is 53.6 Å². The Morgan fingerprint density at radius 1 is 1.06 bits per heavy atom. The summed E-state index contributed by atoms with van der Waals surface area (Å²) in [5, 5.41) is 1.70. The molecule has 3 aromatic carbocycles. The summed E-state index contributed by atoms with van der Waals surface area (Å²) < 4.78 is 22.8. The van der Waals surface area contributed by atoms with Gasteiger partial charge in [0.1, 0.15) is 28.5 Å². The van der Waals surface area contributed by atoms with Crippen molar-refractivity contribution in [2.24, 2.45) is 4.99 Å². The molecular formula is C28H30N2O5. The Balaban J connectivity index is 1.68. The molecule has 3 aromatic rings. The summed E-state index contributed by atoms with van der Waals surface area (Å²) in [5.41, 5.74) is 2.07. The lowest BCUT2D eigenvalue weighted by Gasteiger charge is -2.46. The summed E-state index contributed by atoms with van der Waals surface area (Å²) in [5.74, 6) is 1.47. The molecule has 0 N–H and O–H groups in total. The lowest BCUT2D eigenvalue weighted by atomic mass is 9.77. The maximum atomic E-state index is 12.4. The molecule has 0 saturated carbocycles. The van der Waals surface area contributed by atoms with Gasteiger partial charge < -0.3 is 23.8 Å². The zero-order valence-electron chi connectivity index (χ0n) is 21.0. The van der Waals surface area contributed by atoms with Gasteiger partial charge in [0.05, 0.1) is 33.0 Å². The van der Waals surface area contributed by atoms with E-state index in [1.54, 1.807) is 13.2 Å². The van der Waals surface area contributed by atoms with Crippen LogP contribution in [0.3, 0.4) is 0 Å². The van der Waals surface area contributed by atoms with Crippen LogP contribution in [0.4, 0.5) is 11.4 Å². The number of rotatable bonds is 5. The van der Waals surface area contributed by atoms with E-state index in [9.17, 15) is 4.79 Å². The third-order valence-electron chi connectivity index (χ3n) is 7.23. The fourth-order valence-corrected chi connectivity index (χ4v) is 5.33. The van der Waals surface area contributed by atoms with Gasteiger partial charge in [-0.2, -0.15) is 0 Å². The molecule has 1 atom stereocenters. The second-order valence-corrected chi connectivity index (χ2v) is 9.39. The van der Waals surface area contributed by atoms with Gasteiger partial charge in [0, 0.05) is 17.6 Å². The van der Waals surface area contributed by atoms with E-state index in [0.717, 1.165) is 40.7 Å². The van der Waals surface area contributed by atoms with Gasteiger partial charge in [-0.1, -0.05) is 13.0 Å². The zero-order chi connectivity index (χ0) is 25.0. The number of hydrogen-bond acceptors (Lipinski definition) is 7. The fraction of sp³-hybridized carbons (Fsp3) is 0.357. The number of fused-ring (bicyclic) bond motifs is 4. The van der Waals surface area contributed by atoms with Crippen LogP contribution in [0.2, 0.25) is 0 Å². The molecule has 0 radical (unpaired) electrons. The van der Waals surface area contributed by atoms with Crippen molar-refractivity contribution in [3.63, 3.8) is 0 Å². The number of anilines is 1. The number of methoxy groups -OCH3 is 3. The smallest absolute Gasteiger partial charge is 0.341 e. The van der Waals surface area contributed by atoms with Gasteiger partial charge in [0.15, 0.2) is 0 Å². The van der Waals surface area contributed by atoms with Crippen LogP contribution in [0.25, 0.3) is 10.8 Å². The summed E-state index contributed by atoms with van der Waals surface area (Å²) in [6, 6.07) is 13.7. The first-order valence-electron chi connectivity index (χ1n) is 11.7. The van der Waals surface area contributed by atoms with E-state index < -0.39 is 17.1 Å². The fourth-order valence-electron chi connectivity index (χ4n) is 5.33. The largest absolute Gasteiger partial charge is 0.497 e. The molecule has 35 heavy (non-hydrogen) atoms. The molecule has 5 rings (SSSR count). The Morgan fingerprint density at radius 3 is 2.54 bits per heavy atom. The molecule has 0 fully saturated rings. The van der Waals surface area contributed by atoms with Crippen molar-refractivity contribution >= 4 is 34.3 Å². The highest BCUT2D eigenvalue weighted by Crippen LogP contribution is 2.55. The van der Waals surface area contributed by atoms with Gasteiger partial charge in [-0.25, -0.2) is 4.79 Å². The van der Waals surface area contributed by atoms with Crippen molar-refractivity contribution in [3.8, 4) is 17.2 Å². The summed E-state index contributed by atoms with van der Waals surface area (Å²) in [4.78, 5) is 19.7. The van der Waals surface area contributed by atoms with Gasteiger partial charge in [-0.15, -0.1) is 0 Å². The number of hydrogen-bond donors (Lipinski definition) is 0. The van der Waals surface area contributed by atoms with Crippen LogP contribution in [0.5, 0.6) is 17.2 Å². The Morgan fingerprint density at radius 2 is 1.86 bits per heavy atom. The Hall–Kier alpha value is -3.74. The molecule has 2 aliphatic rings. The minimum atomic E-state index is -0.809. The first kappa shape index (κ1) is 23.0. The average Bonchev–Trinajstić information content (AvgIpc) is 3.05. The molecule has 7 nitrogen and oxygen atoms in total. The predicted molar refractivity (Wildman–Crippen MR) is 137 cm³/mol. The van der Waals surface area contributed by atoms with Gasteiger partial charge in [-0.05, 0) is 67.6 Å². The van der Waals surface area contributed by atoms with E-state index in [1.165, 1.54) is 14.2 Å². The third-order valence-corrected chi connectivity index (χ3v) is 7.23. The molecule has 0 amide bonds. The van der Waals surface area contributed by atoms with Gasteiger partial charge in [0.2, 0.25) is 5.72 Å². The van der Waals surface area contributed by atoms with Crippen molar-refractivity contribution in [1.29, 1.82) is 0 Å². The predicted octanol–water partition coefficient (Wildman–Crippen LogP) is 5.64. The van der Waals surface area contributed by atoms with Crippen molar-refractivity contribution in [1.82, 2.24) is 0 Å². The summed E-state index contributed by atoms with van der Waals surface area (Å²) in [6.45, 7) is 7.32. The van der Waals surface area contributed by atoms with Crippen LogP contribution in [-0.4, -0.2) is 45.8 Å². The summed E-state index contributed by atoms with van der Waals surface area (Å²) in [7, 11) is 4.57. The van der Waals surface area contributed by atoms with E-state index in [1.807, 2.05) is 30.5 Å². The van der Waals surface area contributed by atoms with Crippen LogP contribution in [-0.2, 0) is 10.2 Å². The summed E-state index contributed by atoms with van der Waals surface area (Å²) >= 11 is 0. The number of ether oxygens (including phenoxy) is 4. The normalized spacial score (nSPS) is 19.3. The van der Waals surface area contributed by atoms with Crippen LogP contribution in [0.1, 0.15) is 43.1 Å². The van der Waals surface area contributed by atoms with Crippen LogP contribution < -0.4 is 19.1 Å². The first-order valence-corrected chi connectivity index (χ1v) is 11.7. The standard InChI is InChI=1S/C28H30N2O5/c1-7-12-30-22-10-9-18(32-4)14-21(22)27(2,3)28(30)16-29-25-19-15-20(26(31)34-6)24(33-5)13-17(19)8-11-23(25)35-28/h8-11,13-16H,7,12H2,1-6H3. The quantitative estimate of drug-likeness (QED) is 0.446. The highest BCUT2D eigenvalue weighted by Gasteiger charge is 2.59. The second-order valence-electron chi connectivity index (χ2n) is 9.39. The highest BCUT2D eigenvalue weighted by atomic mass is 16.5. The molecule has 7 heteroatoms. The van der Waals surface area contributed by atoms with E-state index in [4.69, 9.17) is 23.9 Å². The molecule has 1 unspecified atom stereocenters. The van der Waals surface area contributed by atoms with Crippen molar-refractivity contribution in [2.75, 3.05) is 32.8 Å². The SMILES string of the molecule is CCCN1c2ccc(OC)cc2C(C)(C)C12C=Nc1c(ccc3cc(OC)c(C(=O)OC)cc13)O2. The minimum absolute atomic E-state index is 0.347. The average molecular weight is 475 g/mol. The van der Waals surface area contributed by atoms with Crippen LogP contribution in [0, 0.1) is 0 Å². The van der Waals surface area contributed by atoms with Gasteiger partial charge in [0.25, 0.3) is 0 Å². The van der Waals surface area contributed by atoms with E-state index >= 15 is 0 Å². The van der Waals surface area contributed by atoms with Crippen LogP contribution in [0.15, 0.2) is 47.5 Å². The number of carbonyl (C=O) groups excluding carboxylic acids is 1. The maximum absolute atomic E-state index is 12.4. The molecule has 2 aliphatic heterocycles. The van der Waals surface area contributed by atoms with Crippen molar-refractivity contribution in [2.45, 2.75) is 38.3 Å². The molecule has 2 heterocycles. The van der Waals surface area contributed by atoms with Crippen molar-refractivity contribution < 1.29 is 23.7 Å². The minimum Gasteiger partial charge on any atom is -0.497 e. The molecule has 0 aliphatic carbocycles. The molecule has 0 saturated heterocycles. The van der Waals surface area contributed by atoms with E-state index in [0.29, 0.717) is 22.7 Å². The first-order chi connectivity index (χ1) is 16.8. The molecular weight excluding hydrogens is 444 g/mol. The lowest BCUT2D eigenvalue weighted by Crippen LogP contribution is -2.62. The van der Waals surface area contributed by atoms with E-state index in [2.05, 4.69) is 37.8 Å². The highest BCUT2D eigenvalue weighted by molar-refractivity contribution is 6.05. The maximum Gasteiger partial charge on any atom is 0.341 e. The number of aliphatic imine (C=N–C) groups is 1. The third kappa shape index (κ3) is 3.17. The lowest BCUT2D eigenvalue weighted by molar-refractivity contribution is 0.0597. The monoisotopic (exact) mass is 474 g/mol. The number of benzene rings is 3. The Labute approximate surface area is 205 Å². The van der Waals surface area contributed by atoms with Crippen LogP contribution >= 0.6 is 0 Å². The number of esters is 1. The summed E-state index contributed by atoms with van der Waals surface area (Å²) in [6.07, 6.45) is 2.87. The molecule has 182 valence electrons. The topological polar surface area (TPSA) is 69.6 Å². The number of nitrogens with zero attached hydrogens (tertiary/aromatic N) is 2.